The molecule has 1 aromatic heterocycles. The van der Waals surface area contributed by atoms with Crippen LogP contribution in [0.1, 0.15) is 44.0 Å². The number of carbonyl (C=O) groups excluding carboxylic acids is 1. The Morgan fingerprint density at radius 2 is 2.11 bits per heavy atom. The third-order valence-corrected chi connectivity index (χ3v) is 3.44. The normalized spacial score (nSPS) is 18.7. The summed E-state index contributed by atoms with van der Waals surface area (Å²) in [6.45, 7) is 0. The van der Waals surface area contributed by atoms with E-state index in [1.54, 1.807) is 0 Å². The first kappa shape index (κ1) is 13.8. The predicted octanol–water partition coefficient (Wildman–Crippen LogP) is 1.90. The highest BCUT2D eigenvalue weighted by molar-refractivity contribution is 5.78. The molecule has 106 valence electrons. The summed E-state index contributed by atoms with van der Waals surface area (Å²) < 4.78 is 38.2. The Morgan fingerprint density at radius 3 is 2.58 bits per heavy atom. The lowest BCUT2D eigenvalue weighted by atomic mass is 9.98. The first-order valence-corrected chi connectivity index (χ1v) is 6.15. The van der Waals surface area contributed by atoms with Gasteiger partial charge in [0.05, 0.1) is 0 Å². The van der Waals surface area contributed by atoms with Crippen molar-refractivity contribution in [3.8, 4) is 0 Å². The van der Waals surface area contributed by atoms with E-state index in [0.29, 0.717) is 12.3 Å². The second-order valence-electron chi connectivity index (χ2n) is 4.85. The van der Waals surface area contributed by atoms with Gasteiger partial charge in [0.1, 0.15) is 12.4 Å². The first-order chi connectivity index (χ1) is 8.88. The summed E-state index contributed by atoms with van der Waals surface area (Å²) in [5.74, 6) is -1.60. The average Bonchev–Trinajstić information content (AvgIpc) is 2.95. The fraction of sp³-hybridized carbons (Fsp3) is 0.727. The lowest BCUT2D eigenvalue weighted by molar-refractivity contribution is -0.145. The molecule has 1 atom stereocenters. The standard InChI is InChI=1S/C11H15F3N4O/c12-11(13,14)10-16-6-18(17-10)8(9(15)19)5-7-3-1-2-4-7/h6-8H,1-5H2,(H2,15,19)/t8-/m0/s1. The van der Waals surface area contributed by atoms with E-state index in [1.807, 2.05) is 0 Å². The Labute approximate surface area is 108 Å². The molecule has 0 unspecified atom stereocenters. The number of aromatic nitrogens is 3. The molecule has 0 spiro atoms. The van der Waals surface area contributed by atoms with Gasteiger partial charge < -0.3 is 5.73 Å². The Morgan fingerprint density at radius 1 is 1.47 bits per heavy atom. The monoisotopic (exact) mass is 276 g/mol. The number of nitrogens with zero attached hydrogens (tertiary/aromatic N) is 3. The van der Waals surface area contributed by atoms with Crippen LogP contribution in [0.4, 0.5) is 13.2 Å². The van der Waals surface area contributed by atoms with Crippen molar-refractivity contribution in [3.05, 3.63) is 12.2 Å². The molecule has 0 bridgehead atoms. The molecule has 1 saturated carbocycles. The average molecular weight is 276 g/mol. The minimum Gasteiger partial charge on any atom is -0.368 e. The number of primary amides is 1. The highest BCUT2D eigenvalue weighted by Crippen LogP contribution is 2.32. The third kappa shape index (κ3) is 3.24. The molecule has 0 saturated heterocycles. The van der Waals surface area contributed by atoms with E-state index < -0.39 is 23.9 Å². The van der Waals surface area contributed by atoms with Gasteiger partial charge in [-0.25, -0.2) is 9.67 Å². The zero-order chi connectivity index (χ0) is 14.0. The molecule has 5 nitrogen and oxygen atoms in total. The minimum absolute atomic E-state index is 0.316. The number of hydrogen-bond donors (Lipinski definition) is 1. The summed E-state index contributed by atoms with van der Waals surface area (Å²) in [7, 11) is 0. The Kier molecular flexibility index (Phi) is 3.77. The highest BCUT2D eigenvalue weighted by Gasteiger charge is 2.37. The van der Waals surface area contributed by atoms with Gasteiger partial charge in [0.15, 0.2) is 0 Å². The van der Waals surface area contributed by atoms with Crippen molar-refractivity contribution in [2.24, 2.45) is 11.7 Å². The van der Waals surface area contributed by atoms with Crippen LogP contribution in [0.3, 0.4) is 0 Å². The summed E-state index contributed by atoms with van der Waals surface area (Å²) in [5, 5.41) is 3.32. The molecule has 2 N–H and O–H groups in total. The molecule has 8 heteroatoms. The maximum Gasteiger partial charge on any atom is 0.453 e. The van der Waals surface area contributed by atoms with Gasteiger partial charge in [-0.1, -0.05) is 25.7 Å². The molecule has 1 fully saturated rings. The van der Waals surface area contributed by atoms with Gasteiger partial charge >= 0.3 is 6.18 Å². The van der Waals surface area contributed by atoms with Gasteiger partial charge in [-0.05, 0) is 12.3 Å². The van der Waals surface area contributed by atoms with Gasteiger partial charge in [0.2, 0.25) is 5.91 Å². The van der Waals surface area contributed by atoms with E-state index in [0.717, 1.165) is 36.7 Å². The summed E-state index contributed by atoms with van der Waals surface area (Å²) >= 11 is 0. The largest absolute Gasteiger partial charge is 0.453 e. The molecule has 1 heterocycles. The lowest BCUT2D eigenvalue weighted by Crippen LogP contribution is -2.29. The van der Waals surface area contributed by atoms with Crippen LogP contribution >= 0.6 is 0 Å². The van der Waals surface area contributed by atoms with Crippen LogP contribution in [-0.2, 0) is 11.0 Å². The third-order valence-electron chi connectivity index (χ3n) is 3.44. The van der Waals surface area contributed by atoms with Crippen LogP contribution < -0.4 is 5.73 Å². The number of nitrogens with two attached hydrogens (primary N) is 1. The van der Waals surface area contributed by atoms with Gasteiger partial charge in [-0.3, -0.25) is 4.79 Å². The zero-order valence-electron chi connectivity index (χ0n) is 10.2. The maximum atomic E-state index is 12.4. The molecule has 1 aliphatic rings. The Hall–Kier alpha value is -1.60. The highest BCUT2D eigenvalue weighted by atomic mass is 19.4. The SMILES string of the molecule is NC(=O)[C@H](CC1CCCC1)n1cnc(C(F)(F)F)n1. The van der Waals surface area contributed by atoms with E-state index in [2.05, 4.69) is 10.1 Å². The van der Waals surface area contributed by atoms with Crippen LogP contribution in [-0.4, -0.2) is 20.7 Å². The van der Waals surface area contributed by atoms with Crippen molar-refractivity contribution >= 4 is 5.91 Å². The van der Waals surface area contributed by atoms with Gasteiger partial charge in [0.25, 0.3) is 5.82 Å². The van der Waals surface area contributed by atoms with Crippen molar-refractivity contribution in [2.45, 2.75) is 44.3 Å². The maximum absolute atomic E-state index is 12.4. The van der Waals surface area contributed by atoms with E-state index in [9.17, 15) is 18.0 Å². The Bertz CT molecular complexity index is 451. The molecule has 0 radical (unpaired) electrons. The number of halogens is 3. The number of carbonyl (C=O) groups is 1. The first-order valence-electron chi connectivity index (χ1n) is 6.15. The molecule has 1 aromatic rings. The summed E-state index contributed by atoms with van der Waals surface area (Å²) in [6.07, 6.45) is 0.863. The van der Waals surface area contributed by atoms with E-state index >= 15 is 0 Å². The summed E-state index contributed by atoms with van der Waals surface area (Å²) in [4.78, 5) is 14.6. The molecule has 0 aliphatic heterocycles. The smallest absolute Gasteiger partial charge is 0.368 e. The molecule has 1 aliphatic carbocycles. The van der Waals surface area contributed by atoms with Crippen molar-refractivity contribution < 1.29 is 18.0 Å². The van der Waals surface area contributed by atoms with Crippen molar-refractivity contribution in [1.82, 2.24) is 14.8 Å². The summed E-state index contributed by atoms with van der Waals surface area (Å²) in [6, 6.07) is -0.855. The number of rotatable bonds is 4. The van der Waals surface area contributed by atoms with Crippen molar-refractivity contribution in [1.29, 1.82) is 0 Å². The number of hydrogen-bond acceptors (Lipinski definition) is 3. The van der Waals surface area contributed by atoms with Crippen LogP contribution in [0.15, 0.2) is 6.33 Å². The zero-order valence-corrected chi connectivity index (χ0v) is 10.2. The molecule has 2 rings (SSSR count). The lowest BCUT2D eigenvalue weighted by Gasteiger charge is -2.17. The van der Waals surface area contributed by atoms with Crippen molar-refractivity contribution in [3.63, 3.8) is 0 Å². The fourth-order valence-electron chi connectivity index (χ4n) is 2.47. The molecule has 19 heavy (non-hydrogen) atoms. The van der Waals surface area contributed by atoms with Crippen LogP contribution in [0.2, 0.25) is 0 Å². The van der Waals surface area contributed by atoms with Gasteiger partial charge in [0, 0.05) is 0 Å². The van der Waals surface area contributed by atoms with Gasteiger partial charge in [-0.15, -0.1) is 5.10 Å². The fourth-order valence-corrected chi connectivity index (χ4v) is 2.47. The second kappa shape index (κ2) is 5.18. The predicted molar refractivity (Wildman–Crippen MR) is 59.8 cm³/mol. The van der Waals surface area contributed by atoms with Crippen molar-refractivity contribution in [2.75, 3.05) is 0 Å². The molecule has 1 amide bonds. The molecular formula is C11H15F3N4O. The van der Waals surface area contributed by atoms with Gasteiger partial charge in [-0.2, -0.15) is 13.2 Å². The topological polar surface area (TPSA) is 73.8 Å². The van der Waals surface area contributed by atoms with E-state index in [4.69, 9.17) is 5.73 Å². The van der Waals surface area contributed by atoms with Crippen LogP contribution in [0.25, 0.3) is 0 Å². The van der Waals surface area contributed by atoms with Crippen LogP contribution in [0.5, 0.6) is 0 Å². The summed E-state index contributed by atoms with van der Waals surface area (Å²) in [5.41, 5.74) is 5.26. The van der Waals surface area contributed by atoms with Crippen LogP contribution in [0, 0.1) is 5.92 Å². The minimum atomic E-state index is -4.61. The molecule has 0 aromatic carbocycles. The number of amides is 1. The quantitative estimate of drug-likeness (QED) is 0.912. The second-order valence-corrected chi connectivity index (χ2v) is 4.85. The van der Waals surface area contributed by atoms with E-state index in [-0.39, 0.29) is 0 Å². The molecular weight excluding hydrogens is 261 g/mol. The number of alkyl halides is 3. The Balaban J connectivity index is 2.14. The van der Waals surface area contributed by atoms with E-state index in [1.165, 1.54) is 0 Å².